The van der Waals surface area contributed by atoms with Gasteiger partial charge in [-0.05, 0) is 42.0 Å². The quantitative estimate of drug-likeness (QED) is 0.612. The zero-order valence-electron chi connectivity index (χ0n) is 13.2. The molecule has 3 nitrogen and oxygen atoms in total. The van der Waals surface area contributed by atoms with Gasteiger partial charge in [0.2, 0.25) is 0 Å². The molecule has 0 spiro atoms. The molecule has 5 heteroatoms. The van der Waals surface area contributed by atoms with E-state index in [9.17, 15) is 4.79 Å². The van der Waals surface area contributed by atoms with Gasteiger partial charge >= 0.3 is 0 Å². The van der Waals surface area contributed by atoms with Gasteiger partial charge in [-0.3, -0.25) is 4.79 Å². The Bertz CT molecular complexity index is 882. The average Bonchev–Trinajstić information content (AvgIpc) is 2.64. The van der Waals surface area contributed by atoms with Crippen molar-refractivity contribution in [3.63, 3.8) is 0 Å². The van der Waals surface area contributed by atoms with Gasteiger partial charge in [-0.1, -0.05) is 59.6 Å². The van der Waals surface area contributed by atoms with Crippen LogP contribution in [-0.2, 0) is 6.61 Å². The standard InChI is InChI=1S/C20H15Cl2NO2/c21-17-11-10-14(12-18(17)22)13-25-19-9-5-4-8-16(19)20(24)23-15-6-2-1-3-7-15/h1-12H,13H2,(H,23,24). The second-order valence-corrected chi connectivity index (χ2v) is 6.17. The van der Waals surface area contributed by atoms with Gasteiger partial charge in [0.1, 0.15) is 12.4 Å². The lowest BCUT2D eigenvalue weighted by Crippen LogP contribution is -2.13. The van der Waals surface area contributed by atoms with E-state index >= 15 is 0 Å². The summed E-state index contributed by atoms with van der Waals surface area (Å²) in [5.74, 6) is 0.276. The molecule has 25 heavy (non-hydrogen) atoms. The van der Waals surface area contributed by atoms with Crippen molar-refractivity contribution in [3.8, 4) is 5.75 Å². The number of para-hydroxylation sites is 2. The van der Waals surface area contributed by atoms with Gasteiger partial charge in [0.05, 0.1) is 15.6 Å². The van der Waals surface area contributed by atoms with Gasteiger partial charge in [0, 0.05) is 5.69 Å². The molecule has 3 aromatic carbocycles. The van der Waals surface area contributed by atoms with Gasteiger partial charge in [0.25, 0.3) is 5.91 Å². The zero-order valence-corrected chi connectivity index (χ0v) is 14.7. The number of hydrogen-bond donors (Lipinski definition) is 1. The van der Waals surface area contributed by atoms with Crippen molar-refractivity contribution in [1.29, 1.82) is 0 Å². The fourth-order valence-electron chi connectivity index (χ4n) is 2.29. The summed E-state index contributed by atoms with van der Waals surface area (Å²) in [7, 11) is 0. The van der Waals surface area contributed by atoms with Crippen LogP contribution in [0.25, 0.3) is 0 Å². The number of carbonyl (C=O) groups excluding carboxylic acids is 1. The minimum Gasteiger partial charge on any atom is -0.488 e. The zero-order chi connectivity index (χ0) is 17.6. The Labute approximate surface area is 156 Å². The molecule has 3 aromatic rings. The molecule has 0 radical (unpaired) electrons. The minimum absolute atomic E-state index is 0.226. The number of ether oxygens (including phenoxy) is 1. The summed E-state index contributed by atoms with van der Waals surface area (Å²) in [6, 6.07) is 21.7. The molecule has 1 N–H and O–H groups in total. The Morgan fingerprint density at radius 3 is 2.36 bits per heavy atom. The van der Waals surface area contributed by atoms with Crippen LogP contribution in [0.3, 0.4) is 0 Å². The Kier molecular flexibility index (Phi) is 5.59. The van der Waals surface area contributed by atoms with Crippen LogP contribution < -0.4 is 10.1 Å². The molecule has 0 saturated heterocycles. The highest BCUT2D eigenvalue weighted by Gasteiger charge is 2.12. The smallest absolute Gasteiger partial charge is 0.259 e. The number of anilines is 1. The van der Waals surface area contributed by atoms with E-state index in [4.69, 9.17) is 27.9 Å². The Morgan fingerprint density at radius 2 is 1.60 bits per heavy atom. The Hall–Kier alpha value is -2.49. The molecule has 3 rings (SSSR count). The molecule has 126 valence electrons. The van der Waals surface area contributed by atoms with Gasteiger partial charge in [-0.15, -0.1) is 0 Å². The molecule has 0 bridgehead atoms. The molecule has 1 amide bonds. The van der Waals surface area contributed by atoms with Crippen molar-refractivity contribution in [1.82, 2.24) is 0 Å². The lowest BCUT2D eigenvalue weighted by atomic mass is 10.1. The number of hydrogen-bond acceptors (Lipinski definition) is 2. The van der Waals surface area contributed by atoms with Crippen LogP contribution in [0.1, 0.15) is 15.9 Å². The summed E-state index contributed by atoms with van der Waals surface area (Å²) >= 11 is 11.9. The first kappa shape index (κ1) is 17.3. The topological polar surface area (TPSA) is 38.3 Å². The summed E-state index contributed by atoms with van der Waals surface area (Å²) in [4.78, 5) is 12.5. The molecule has 0 atom stereocenters. The monoisotopic (exact) mass is 371 g/mol. The van der Waals surface area contributed by atoms with E-state index in [1.54, 1.807) is 30.3 Å². The minimum atomic E-state index is -0.226. The highest BCUT2D eigenvalue weighted by Crippen LogP contribution is 2.25. The molecule has 0 aliphatic heterocycles. The lowest BCUT2D eigenvalue weighted by Gasteiger charge is -2.12. The molecular weight excluding hydrogens is 357 g/mol. The van der Waals surface area contributed by atoms with E-state index in [0.717, 1.165) is 11.3 Å². The van der Waals surface area contributed by atoms with Gasteiger partial charge in [0.15, 0.2) is 0 Å². The third kappa shape index (κ3) is 4.53. The third-order valence-electron chi connectivity index (χ3n) is 3.54. The Morgan fingerprint density at radius 1 is 0.880 bits per heavy atom. The molecule has 0 unspecified atom stereocenters. The maximum absolute atomic E-state index is 12.5. The molecule has 0 saturated carbocycles. The maximum atomic E-state index is 12.5. The first-order chi connectivity index (χ1) is 12.1. The number of amides is 1. The van der Waals surface area contributed by atoms with Crippen LogP contribution in [0.5, 0.6) is 5.75 Å². The van der Waals surface area contributed by atoms with E-state index in [-0.39, 0.29) is 12.5 Å². The fraction of sp³-hybridized carbons (Fsp3) is 0.0500. The SMILES string of the molecule is O=C(Nc1ccccc1)c1ccccc1OCc1ccc(Cl)c(Cl)c1. The van der Waals surface area contributed by atoms with Crippen molar-refractivity contribution >= 4 is 34.8 Å². The summed E-state index contributed by atoms with van der Waals surface area (Å²) in [6.07, 6.45) is 0. The largest absolute Gasteiger partial charge is 0.488 e. The van der Waals surface area contributed by atoms with Crippen molar-refractivity contribution in [2.75, 3.05) is 5.32 Å². The van der Waals surface area contributed by atoms with Crippen LogP contribution in [0.4, 0.5) is 5.69 Å². The Balaban J connectivity index is 1.74. The van der Waals surface area contributed by atoms with Gasteiger partial charge in [-0.25, -0.2) is 0 Å². The van der Waals surface area contributed by atoms with Crippen LogP contribution in [0.2, 0.25) is 10.0 Å². The van der Waals surface area contributed by atoms with Crippen LogP contribution in [0, 0.1) is 0 Å². The van der Waals surface area contributed by atoms with E-state index in [1.807, 2.05) is 42.5 Å². The van der Waals surface area contributed by atoms with E-state index in [1.165, 1.54) is 0 Å². The van der Waals surface area contributed by atoms with Crippen LogP contribution in [0.15, 0.2) is 72.8 Å². The summed E-state index contributed by atoms with van der Waals surface area (Å²) in [5.41, 5.74) is 2.06. The second kappa shape index (κ2) is 8.06. The number of nitrogens with one attached hydrogen (secondary N) is 1. The summed E-state index contributed by atoms with van der Waals surface area (Å²) < 4.78 is 5.81. The van der Waals surface area contributed by atoms with Crippen molar-refractivity contribution < 1.29 is 9.53 Å². The number of carbonyl (C=O) groups is 1. The van der Waals surface area contributed by atoms with Gasteiger partial charge in [-0.2, -0.15) is 0 Å². The van der Waals surface area contributed by atoms with Crippen molar-refractivity contribution in [3.05, 3.63) is 94.0 Å². The molecule has 0 fully saturated rings. The van der Waals surface area contributed by atoms with E-state index < -0.39 is 0 Å². The highest BCUT2D eigenvalue weighted by molar-refractivity contribution is 6.42. The molecule has 0 heterocycles. The van der Waals surface area contributed by atoms with Gasteiger partial charge < -0.3 is 10.1 Å². The predicted molar refractivity (Wildman–Crippen MR) is 102 cm³/mol. The highest BCUT2D eigenvalue weighted by atomic mass is 35.5. The van der Waals surface area contributed by atoms with Crippen LogP contribution >= 0.6 is 23.2 Å². The molecule has 0 aliphatic carbocycles. The summed E-state index contributed by atoms with van der Waals surface area (Å²) in [5, 5.41) is 3.82. The van der Waals surface area contributed by atoms with Crippen molar-refractivity contribution in [2.24, 2.45) is 0 Å². The summed E-state index contributed by atoms with van der Waals surface area (Å²) in [6.45, 7) is 0.284. The third-order valence-corrected chi connectivity index (χ3v) is 4.28. The predicted octanol–water partition coefficient (Wildman–Crippen LogP) is 5.82. The maximum Gasteiger partial charge on any atom is 0.259 e. The molecule has 0 aromatic heterocycles. The second-order valence-electron chi connectivity index (χ2n) is 5.35. The molecular formula is C20H15Cl2NO2. The van der Waals surface area contributed by atoms with Crippen molar-refractivity contribution in [2.45, 2.75) is 6.61 Å². The van der Waals surface area contributed by atoms with E-state index in [0.29, 0.717) is 21.4 Å². The normalized spacial score (nSPS) is 10.3. The number of benzene rings is 3. The lowest BCUT2D eigenvalue weighted by molar-refractivity contribution is 0.102. The van der Waals surface area contributed by atoms with Crippen LogP contribution in [-0.4, -0.2) is 5.91 Å². The first-order valence-corrected chi connectivity index (χ1v) is 8.41. The fourth-order valence-corrected chi connectivity index (χ4v) is 2.61. The van der Waals surface area contributed by atoms with E-state index in [2.05, 4.69) is 5.32 Å². The average molecular weight is 372 g/mol. The molecule has 0 aliphatic rings. The number of halogens is 2. The number of rotatable bonds is 5. The first-order valence-electron chi connectivity index (χ1n) is 7.65.